The lowest BCUT2D eigenvalue weighted by molar-refractivity contribution is -0.115. The van der Waals surface area contributed by atoms with Crippen molar-refractivity contribution in [2.75, 3.05) is 10.6 Å². The fourth-order valence-electron chi connectivity index (χ4n) is 4.27. The minimum Gasteiger partial charge on any atom is -0.326 e. The van der Waals surface area contributed by atoms with Gasteiger partial charge in [-0.2, -0.15) is 0 Å². The van der Waals surface area contributed by atoms with E-state index in [9.17, 15) is 14.0 Å². The van der Waals surface area contributed by atoms with Crippen LogP contribution in [0.2, 0.25) is 5.02 Å². The van der Waals surface area contributed by atoms with Crippen LogP contribution in [0.3, 0.4) is 0 Å². The van der Waals surface area contributed by atoms with Gasteiger partial charge in [-0.05, 0) is 60.4 Å². The fraction of sp³-hybridized carbons (Fsp3) is 0.107. The van der Waals surface area contributed by atoms with Crippen LogP contribution in [-0.4, -0.2) is 21.9 Å². The van der Waals surface area contributed by atoms with Crippen molar-refractivity contribution in [3.05, 3.63) is 118 Å². The first-order valence-electron chi connectivity index (χ1n) is 11.5. The second-order valence-electron chi connectivity index (χ2n) is 8.47. The van der Waals surface area contributed by atoms with Gasteiger partial charge in [-0.15, -0.1) is 0 Å². The molecule has 0 fully saturated rings. The second-order valence-corrected chi connectivity index (χ2v) is 9.71. The van der Waals surface area contributed by atoms with Crippen molar-refractivity contribution in [3.63, 3.8) is 0 Å². The number of fused-ring (bicyclic) bond motifs is 1. The summed E-state index contributed by atoms with van der Waals surface area (Å²) in [6.07, 6.45) is 0.0248. The normalized spacial score (nSPS) is 16.6. The van der Waals surface area contributed by atoms with Gasteiger partial charge in [-0.3, -0.25) is 9.59 Å². The average molecular weight is 533 g/mol. The third kappa shape index (κ3) is 5.30. The Hall–Kier alpha value is -3.88. The van der Waals surface area contributed by atoms with Gasteiger partial charge >= 0.3 is 0 Å². The van der Waals surface area contributed by atoms with E-state index in [2.05, 4.69) is 10.6 Å². The van der Waals surface area contributed by atoms with Crippen molar-refractivity contribution in [2.24, 2.45) is 4.99 Å². The highest BCUT2D eigenvalue weighted by atomic mass is 35.5. The van der Waals surface area contributed by atoms with E-state index in [0.29, 0.717) is 38.5 Å². The first-order chi connectivity index (χ1) is 17.9. The second kappa shape index (κ2) is 10.6. The summed E-state index contributed by atoms with van der Waals surface area (Å²) in [5.41, 5.74) is 3.56. The molecule has 9 heteroatoms. The molecule has 0 saturated heterocycles. The minimum atomic E-state index is -0.593. The van der Waals surface area contributed by atoms with E-state index in [4.69, 9.17) is 16.6 Å². The highest BCUT2D eigenvalue weighted by Crippen LogP contribution is 2.46. The molecule has 3 aromatic rings. The number of nitrogens with zero attached hydrogens (tertiary/aromatic N) is 2. The quantitative estimate of drug-likeness (QED) is 0.369. The summed E-state index contributed by atoms with van der Waals surface area (Å²) in [5.74, 6) is -0.962. The molecule has 3 aromatic carbocycles. The Labute approximate surface area is 222 Å². The molecule has 186 valence electrons. The maximum atomic E-state index is 13.6. The number of hydrogen-bond acceptors (Lipinski definition) is 5. The van der Waals surface area contributed by atoms with Gasteiger partial charge in [0.2, 0.25) is 5.91 Å². The lowest BCUT2D eigenvalue weighted by atomic mass is 9.93. The molecule has 0 bridgehead atoms. The van der Waals surface area contributed by atoms with Crippen LogP contribution < -0.4 is 10.6 Å². The van der Waals surface area contributed by atoms with Crippen molar-refractivity contribution < 1.29 is 14.0 Å². The summed E-state index contributed by atoms with van der Waals surface area (Å²) in [4.78, 5) is 33.1. The fourth-order valence-corrected chi connectivity index (χ4v) is 5.48. The van der Waals surface area contributed by atoms with Crippen molar-refractivity contribution in [1.29, 1.82) is 0 Å². The summed E-state index contributed by atoms with van der Waals surface area (Å²) in [6.45, 7) is 1.80. The number of amides is 2. The van der Waals surface area contributed by atoms with E-state index in [0.717, 1.165) is 5.56 Å². The number of nitrogens with one attached hydrogen (secondary N) is 2. The molecule has 2 aliphatic rings. The number of carbonyl (C=O) groups is 2. The molecular weight excluding hydrogens is 511 g/mol. The third-order valence-corrected chi connectivity index (χ3v) is 7.18. The molecule has 0 radical (unpaired) electrons. The summed E-state index contributed by atoms with van der Waals surface area (Å²) >= 11 is 8.03. The maximum Gasteiger partial charge on any atom is 0.255 e. The molecule has 0 aliphatic carbocycles. The third-order valence-electron chi connectivity index (χ3n) is 5.95. The lowest BCUT2D eigenvalue weighted by Gasteiger charge is -2.37. The molecule has 6 nitrogen and oxygen atoms in total. The van der Waals surface area contributed by atoms with E-state index >= 15 is 0 Å². The molecule has 5 rings (SSSR count). The molecule has 37 heavy (non-hydrogen) atoms. The number of para-hydroxylation sites is 1. The zero-order chi connectivity index (χ0) is 25.9. The van der Waals surface area contributed by atoms with Crippen LogP contribution in [0.4, 0.5) is 15.8 Å². The number of rotatable bonds is 6. The Kier molecular flexibility index (Phi) is 7.12. The standard InChI is InChI=1S/C28H22ClFN4O2S/c1-17-25(27(36)33-19-7-3-2-4-8-19)26(22-9-5-6-10-23(22)29)34-21(16-37-28(34)31-17)15-24(35)32-20-13-11-18(30)12-14-20/h2-14,16,26H,15H2,1H3,(H,32,35)(H,33,36). The van der Waals surface area contributed by atoms with Gasteiger partial charge in [0.05, 0.1) is 23.7 Å². The average Bonchev–Trinajstić information content (AvgIpc) is 3.27. The van der Waals surface area contributed by atoms with Gasteiger partial charge in [-0.1, -0.05) is 59.8 Å². The Morgan fingerprint density at radius 2 is 1.65 bits per heavy atom. The Bertz CT molecular complexity index is 1450. The van der Waals surface area contributed by atoms with Crippen LogP contribution in [0, 0.1) is 5.82 Å². The van der Waals surface area contributed by atoms with E-state index in [1.807, 2.05) is 58.8 Å². The largest absolute Gasteiger partial charge is 0.326 e. The van der Waals surface area contributed by atoms with Crippen molar-refractivity contribution in [3.8, 4) is 0 Å². The Morgan fingerprint density at radius 3 is 2.38 bits per heavy atom. The van der Waals surface area contributed by atoms with Gasteiger partial charge in [0.1, 0.15) is 5.82 Å². The van der Waals surface area contributed by atoms with E-state index in [-0.39, 0.29) is 24.1 Å². The molecular formula is C28H22ClFN4O2S. The number of benzene rings is 3. The number of carbonyl (C=O) groups excluding carboxylic acids is 2. The molecule has 0 spiro atoms. The number of hydrogen-bond donors (Lipinski definition) is 2. The van der Waals surface area contributed by atoms with Gasteiger partial charge < -0.3 is 15.5 Å². The number of anilines is 2. The van der Waals surface area contributed by atoms with Gasteiger partial charge in [0, 0.05) is 22.1 Å². The zero-order valence-electron chi connectivity index (χ0n) is 19.7. The summed E-state index contributed by atoms with van der Waals surface area (Å²) in [5, 5.41) is 8.77. The van der Waals surface area contributed by atoms with Crippen LogP contribution in [0.5, 0.6) is 0 Å². The molecule has 1 atom stereocenters. The number of halogens is 2. The molecule has 0 aromatic heterocycles. The van der Waals surface area contributed by atoms with Crippen molar-refractivity contribution >= 4 is 51.7 Å². The predicted octanol–water partition coefficient (Wildman–Crippen LogP) is 6.72. The minimum absolute atomic E-state index is 0.0248. The van der Waals surface area contributed by atoms with Gasteiger partial charge in [-0.25, -0.2) is 9.38 Å². The van der Waals surface area contributed by atoms with Crippen molar-refractivity contribution in [1.82, 2.24) is 4.90 Å². The molecule has 1 unspecified atom stereocenters. The van der Waals surface area contributed by atoms with Crippen LogP contribution in [0.1, 0.15) is 24.9 Å². The number of aliphatic imine (C=N–C) groups is 1. The summed E-state index contributed by atoms with van der Waals surface area (Å²) < 4.78 is 13.3. The number of thioether (sulfide) groups is 1. The lowest BCUT2D eigenvalue weighted by Crippen LogP contribution is -2.38. The monoisotopic (exact) mass is 532 g/mol. The molecule has 0 saturated carbocycles. The van der Waals surface area contributed by atoms with E-state index < -0.39 is 6.04 Å². The first kappa shape index (κ1) is 24.8. The van der Waals surface area contributed by atoms with Crippen LogP contribution in [0.15, 0.2) is 106 Å². The SMILES string of the molecule is CC1=C(C(=O)Nc2ccccc2)C(c2ccccc2Cl)N2C(CC(=O)Nc3ccc(F)cc3)=CSC2=N1. The predicted molar refractivity (Wildman–Crippen MR) is 147 cm³/mol. The number of allylic oxidation sites excluding steroid dienone is 1. The summed E-state index contributed by atoms with van der Waals surface area (Å²) in [6, 6.07) is 21.5. The Balaban J connectivity index is 1.48. The van der Waals surface area contributed by atoms with E-state index in [1.165, 1.54) is 36.0 Å². The summed E-state index contributed by atoms with van der Waals surface area (Å²) in [7, 11) is 0. The first-order valence-corrected chi connectivity index (χ1v) is 12.8. The maximum absolute atomic E-state index is 13.6. The molecule has 2 N–H and O–H groups in total. The van der Waals surface area contributed by atoms with Crippen LogP contribution in [-0.2, 0) is 9.59 Å². The van der Waals surface area contributed by atoms with Crippen LogP contribution >= 0.6 is 23.4 Å². The smallest absolute Gasteiger partial charge is 0.255 e. The topological polar surface area (TPSA) is 73.8 Å². The van der Waals surface area contributed by atoms with Gasteiger partial charge in [0.25, 0.3) is 5.91 Å². The Morgan fingerprint density at radius 1 is 0.973 bits per heavy atom. The molecule has 2 heterocycles. The number of amidine groups is 1. The van der Waals surface area contributed by atoms with Crippen LogP contribution in [0.25, 0.3) is 0 Å². The highest BCUT2D eigenvalue weighted by molar-refractivity contribution is 8.16. The molecule has 2 aliphatic heterocycles. The van der Waals surface area contributed by atoms with Crippen molar-refractivity contribution in [2.45, 2.75) is 19.4 Å². The zero-order valence-corrected chi connectivity index (χ0v) is 21.3. The molecule has 2 amide bonds. The highest BCUT2D eigenvalue weighted by Gasteiger charge is 2.41. The van der Waals surface area contributed by atoms with Gasteiger partial charge in [0.15, 0.2) is 5.17 Å². The van der Waals surface area contributed by atoms with E-state index in [1.54, 1.807) is 13.0 Å².